The first-order valence-corrected chi connectivity index (χ1v) is 11.2. The number of methoxy groups -OCH3 is 1. The lowest BCUT2D eigenvalue weighted by molar-refractivity contribution is -0.135. The molecular formula is C25H27N5O3. The molecular weight excluding hydrogens is 418 g/mol. The predicted molar refractivity (Wildman–Crippen MR) is 122 cm³/mol. The van der Waals surface area contributed by atoms with Gasteiger partial charge < -0.3 is 15.0 Å². The number of likely N-dealkylation sites (tertiary alicyclic amines) is 1. The number of rotatable bonds is 7. The molecule has 0 spiro atoms. The number of ether oxygens (including phenoxy) is 1. The molecule has 2 aromatic carbocycles. The van der Waals surface area contributed by atoms with Crippen LogP contribution < -0.4 is 5.32 Å². The number of hydrogen-bond acceptors (Lipinski definition) is 5. The molecule has 5 rings (SSSR count). The molecule has 2 heterocycles. The second-order valence-electron chi connectivity index (χ2n) is 8.76. The number of nitrogens with one attached hydrogen (secondary N) is 2. The molecule has 2 amide bonds. The molecule has 2 atom stereocenters. The van der Waals surface area contributed by atoms with Crippen LogP contribution in [0.25, 0.3) is 11.4 Å². The Hall–Kier alpha value is -3.52. The van der Waals surface area contributed by atoms with E-state index in [-0.39, 0.29) is 30.5 Å². The zero-order valence-corrected chi connectivity index (χ0v) is 18.5. The Bertz CT molecular complexity index is 1130. The van der Waals surface area contributed by atoms with E-state index >= 15 is 0 Å². The summed E-state index contributed by atoms with van der Waals surface area (Å²) in [6.45, 7) is 0.415. The number of hydrogen-bond donors (Lipinski definition) is 2. The van der Waals surface area contributed by atoms with Crippen LogP contribution in [0.3, 0.4) is 0 Å². The molecule has 33 heavy (non-hydrogen) atoms. The van der Waals surface area contributed by atoms with Gasteiger partial charge in [-0.1, -0.05) is 60.7 Å². The Morgan fingerprint density at radius 2 is 1.82 bits per heavy atom. The van der Waals surface area contributed by atoms with E-state index in [9.17, 15) is 9.59 Å². The van der Waals surface area contributed by atoms with Gasteiger partial charge in [-0.2, -0.15) is 5.10 Å². The molecule has 8 heteroatoms. The largest absolute Gasteiger partial charge is 0.375 e. The summed E-state index contributed by atoms with van der Waals surface area (Å²) < 4.78 is 4.95. The van der Waals surface area contributed by atoms with Crippen LogP contribution in [0.1, 0.15) is 36.7 Å². The molecule has 1 aliphatic heterocycles. The van der Waals surface area contributed by atoms with Gasteiger partial charge in [-0.25, -0.2) is 4.98 Å². The van der Waals surface area contributed by atoms with Crippen molar-refractivity contribution in [3.8, 4) is 11.4 Å². The minimum atomic E-state index is -0.493. The lowest BCUT2D eigenvalue weighted by Gasteiger charge is -2.28. The summed E-state index contributed by atoms with van der Waals surface area (Å²) in [6.07, 6.45) is 2.21. The van der Waals surface area contributed by atoms with Crippen molar-refractivity contribution >= 4 is 11.8 Å². The number of carbonyl (C=O) groups excluding carboxylic acids is 2. The highest BCUT2D eigenvalue weighted by Gasteiger charge is 2.55. The fraction of sp³-hybridized carbons (Fsp3) is 0.360. The molecule has 1 aromatic heterocycles. The highest BCUT2D eigenvalue weighted by atomic mass is 16.5. The summed E-state index contributed by atoms with van der Waals surface area (Å²) in [5.41, 5.74) is 1.46. The van der Waals surface area contributed by atoms with E-state index in [2.05, 4.69) is 15.5 Å². The zero-order chi connectivity index (χ0) is 22.8. The third kappa shape index (κ3) is 4.14. The van der Waals surface area contributed by atoms with Crippen LogP contribution in [0, 0.1) is 0 Å². The molecule has 8 nitrogen and oxygen atoms in total. The third-order valence-electron chi connectivity index (χ3n) is 6.54. The van der Waals surface area contributed by atoms with Crippen molar-refractivity contribution in [3.63, 3.8) is 0 Å². The van der Waals surface area contributed by atoms with Crippen LogP contribution in [0.5, 0.6) is 0 Å². The van der Waals surface area contributed by atoms with Crippen molar-refractivity contribution in [3.05, 3.63) is 72.1 Å². The summed E-state index contributed by atoms with van der Waals surface area (Å²) in [5.74, 6) is 1.12. The summed E-state index contributed by atoms with van der Waals surface area (Å²) in [6, 6.07) is 19.2. The monoisotopic (exact) mass is 445 g/mol. The second kappa shape index (κ2) is 8.78. The van der Waals surface area contributed by atoms with E-state index in [1.54, 1.807) is 0 Å². The van der Waals surface area contributed by atoms with Crippen molar-refractivity contribution < 1.29 is 14.3 Å². The first kappa shape index (κ1) is 21.3. The molecule has 1 saturated carbocycles. The minimum Gasteiger partial charge on any atom is -0.375 e. The molecule has 2 aliphatic rings. The van der Waals surface area contributed by atoms with Crippen molar-refractivity contribution in [2.24, 2.45) is 0 Å². The smallest absolute Gasteiger partial charge is 0.246 e. The molecule has 1 aliphatic carbocycles. The number of amides is 2. The highest BCUT2D eigenvalue weighted by Crippen LogP contribution is 2.51. The molecule has 2 fully saturated rings. The van der Waals surface area contributed by atoms with Crippen LogP contribution >= 0.6 is 0 Å². The maximum absolute atomic E-state index is 13.9. The second-order valence-corrected chi connectivity index (χ2v) is 8.76. The van der Waals surface area contributed by atoms with Gasteiger partial charge in [-0.3, -0.25) is 14.7 Å². The quantitative estimate of drug-likeness (QED) is 0.582. The van der Waals surface area contributed by atoms with Crippen LogP contribution in [0.2, 0.25) is 0 Å². The van der Waals surface area contributed by atoms with Gasteiger partial charge in [0, 0.05) is 25.3 Å². The van der Waals surface area contributed by atoms with Gasteiger partial charge >= 0.3 is 0 Å². The highest BCUT2D eigenvalue weighted by molar-refractivity contribution is 5.92. The van der Waals surface area contributed by atoms with E-state index < -0.39 is 5.41 Å². The minimum absolute atomic E-state index is 0.0104. The summed E-state index contributed by atoms with van der Waals surface area (Å²) in [7, 11) is 1.49. The lowest BCUT2D eigenvalue weighted by atomic mass is 9.94. The lowest BCUT2D eigenvalue weighted by Crippen LogP contribution is -2.43. The molecule has 170 valence electrons. The number of benzene rings is 2. The fourth-order valence-electron chi connectivity index (χ4n) is 4.75. The molecule has 1 saturated heterocycles. The van der Waals surface area contributed by atoms with Crippen LogP contribution in [0.15, 0.2) is 60.7 Å². The van der Waals surface area contributed by atoms with Gasteiger partial charge in [0.2, 0.25) is 11.8 Å². The van der Waals surface area contributed by atoms with Crippen LogP contribution in [-0.2, 0) is 19.7 Å². The Labute approximate surface area is 192 Å². The number of H-pyrrole nitrogens is 1. The fourth-order valence-corrected chi connectivity index (χ4v) is 4.75. The van der Waals surface area contributed by atoms with Gasteiger partial charge in [-0.15, -0.1) is 0 Å². The zero-order valence-electron chi connectivity index (χ0n) is 18.5. The van der Waals surface area contributed by atoms with Gasteiger partial charge in [0.05, 0.1) is 11.5 Å². The summed E-state index contributed by atoms with van der Waals surface area (Å²) >= 11 is 0. The SMILES string of the molecule is COCC(=O)N[C@H]1C[C@@H](c2nc(-c3ccccc3)n[nH]2)N(C(=O)C2(c3ccccc3)CC2)C1. The van der Waals surface area contributed by atoms with E-state index in [4.69, 9.17) is 9.72 Å². The van der Waals surface area contributed by atoms with Gasteiger partial charge in [-0.05, 0) is 24.8 Å². The van der Waals surface area contributed by atoms with Crippen molar-refractivity contribution in [2.75, 3.05) is 20.3 Å². The molecule has 2 N–H and O–H groups in total. The molecule has 0 radical (unpaired) electrons. The van der Waals surface area contributed by atoms with E-state index in [0.29, 0.717) is 24.6 Å². The van der Waals surface area contributed by atoms with Crippen molar-refractivity contribution in [1.29, 1.82) is 0 Å². The molecule has 3 aromatic rings. The number of nitrogens with zero attached hydrogens (tertiary/aromatic N) is 3. The summed E-state index contributed by atoms with van der Waals surface area (Å²) in [4.78, 5) is 32.6. The van der Waals surface area contributed by atoms with Gasteiger partial charge in [0.25, 0.3) is 0 Å². The van der Waals surface area contributed by atoms with Crippen LogP contribution in [0.4, 0.5) is 0 Å². The van der Waals surface area contributed by atoms with E-state index in [0.717, 1.165) is 24.0 Å². The topological polar surface area (TPSA) is 100 Å². The van der Waals surface area contributed by atoms with Crippen LogP contribution in [-0.4, -0.2) is 58.2 Å². The maximum Gasteiger partial charge on any atom is 0.246 e. The Kier molecular flexibility index (Phi) is 5.68. The first-order chi connectivity index (χ1) is 16.1. The van der Waals surface area contributed by atoms with Crippen molar-refractivity contribution in [2.45, 2.75) is 36.8 Å². The van der Waals surface area contributed by atoms with E-state index in [1.807, 2.05) is 65.6 Å². The normalized spacial score (nSPS) is 21.1. The van der Waals surface area contributed by atoms with Gasteiger partial charge in [0.15, 0.2) is 5.82 Å². The molecule has 0 unspecified atom stereocenters. The van der Waals surface area contributed by atoms with E-state index in [1.165, 1.54) is 7.11 Å². The Morgan fingerprint density at radius 1 is 1.12 bits per heavy atom. The average Bonchev–Trinajstić information content (AvgIpc) is 3.32. The first-order valence-electron chi connectivity index (χ1n) is 11.2. The maximum atomic E-state index is 13.9. The standard InChI is InChI=1S/C25H27N5O3/c1-33-16-21(31)26-19-14-20(23-27-22(28-29-23)17-8-4-2-5-9-17)30(15-19)24(32)25(12-13-25)18-10-6-3-7-11-18/h2-11,19-20H,12-16H2,1H3,(H,26,31)(H,27,28,29)/t19-,20-/m0/s1. The Morgan fingerprint density at radius 3 is 2.48 bits per heavy atom. The summed E-state index contributed by atoms with van der Waals surface area (Å²) in [5, 5.41) is 10.4. The van der Waals surface area contributed by atoms with Crippen molar-refractivity contribution in [1.82, 2.24) is 25.4 Å². The Balaban J connectivity index is 1.43. The third-order valence-corrected chi connectivity index (χ3v) is 6.54. The average molecular weight is 446 g/mol. The molecule has 0 bridgehead atoms. The number of aromatic amines is 1. The predicted octanol–water partition coefficient (Wildman–Crippen LogP) is 2.61. The van der Waals surface area contributed by atoms with Gasteiger partial charge in [0.1, 0.15) is 12.4 Å². The number of carbonyl (C=O) groups is 2. The number of aromatic nitrogens is 3.